The molecule has 15 heavy (non-hydrogen) atoms. The molecule has 0 amide bonds. The van der Waals surface area contributed by atoms with Crippen molar-refractivity contribution >= 4 is 5.57 Å². The van der Waals surface area contributed by atoms with Gasteiger partial charge in [0.1, 0.15) is 0 Å². The van der Waals surface area contributed by atoms with Crippen molar-refractivity contribution in [3.05, 3.63) is 65.8 Å². The van der Waals surface area contributed by atoms with Crippen molar-refractivity contribution in [2.24, 2.45) is 0 Å². The van der Waals surface area contributed by atoms with E-state index in [1.165, 1.54) is 22.3 Å². The molecule has 1 aromatic carbocycles. The second-order valence-corrected chi connectivity index (χ2v) is 3.61. The van der Waals surface area contributed by atoms with Gasteiger partial charge in [-0.15, -0.1) is 0 Å². The number of allylic oxidation sites excluding steroid dienone is 5. The normalized spacial score (nSPS) is 12.1. The summed E-state index contributed by atoms with van der Waals surface area (Å²) in [7, 11) is 0. The van der Waals surface area contributed by atoms with Gasteiger partial charge in [-0.1, -0.05) is 49.1 Å². The summed E-state index contributed by atoms with van der Waals surface area (Å²) in [5, 5.41) is 0. The average molecular weight is 198 g/mol. The molecule has 0 nitrogen and oxygen atoms in total. The Morgan fingerprint density at radius 1 is 1.27 bits per heavy atom. The van der Waals surface area contributed by atoms with Crippen LogP contribution in [0.3, 0.4) is 0 Å². The molecule has 78 valence electrons. The Morgan fingerprint density at radius 2 is 2.00 bits per heavy atom. The molecule has 0 heteroatoms. The maximum atomic E-state index is 3.75. The van der Waals surface area contributed by atoms with E-state index in [-0.39, 0.29) is 0 Å². The van der Waals surface area contributed by atoms with Crippen molar-refractivity contribution in [3.63, 3.8) is 0 Å². The van der Waals surface area contributed by atoms with E-state index in [0.717, 1.165) is 0 Å². The molecule has 0 N–H and O–H groups in total. The van der Waals surface area contributed by atoms with Crippen molar-refractivity contribution in [2.45, 2.75) is 20.8 Å². The van der Waals surface area contributed by atoms with Crippen molar-refractivity contribution < 1.29 is 0 Å². The van der Waals surface area contributed by atoms with E-state index in [1.54, 1.807) is 0 Å². The van der Waals surface area contributed by atoms with E-state index in [4.69, 9.17) is 0 Å². The highest BCUT2D eigenvalue weighted by molar-refractivity contribution is 5.77. The van der Waals surface area contributed by atoms with E-state index in [0.29, 0.717) is 0 Å². The van der Waals surface area contributed by atoms with Crippen LogP contribution < -0.4 is 0 Å². The van der Waals surface area contributed by atoms with E-state index < -0.39 is 0 Å². The molecular weight excluding hydrogens is 180 g/mol. The number of benzene rings is 1. The van der Waals surface area contributed by atoms with Crippen LogP contribution in [0, 0.1) is 13.8 Å². The van der Waals surface area contributed by atoms with Crippen molar-refractivity contribution in [2.75, 3.05) is 0 Å². The first-order valence-electron chi connectivity index (χ1n) is 5.22. The molecule has 0 aliphatic rings. The molecule has 0 saturated carbocycles. The molecule has 0 aliphatic carbocycles. The molecule has 0 aliphatic heterocycles. The highest BCUT2D eigenvalue weighted by Crippen LogP contribution is 2.22. The Morgan fingerprint density at radius 3 is 2.60 bits per heavy atom. The maximum absolute atomic E-state index is 3.75. The van der Waals surface area contributed by atoms with Gasteiger partial charge in [0, 0.05) is 0 Å². The van der Waals surface area contributed by atoms with Crippen LogP contribution in [0.2, 0.25) is 0 Å². The van der Waals surface area contributed by atoms with Gasteiger partial charge in [0.25, 0.3) is 0 Å². The summed E-state index contributed by atoms with van der Waals surface area (Å²) in [6, 6.07) is 6.38. The minimum atomic E-state index is 1.22. The lowest BCUT2D eigenvalue weighted by Crippen LogP contribution is -1.89. The highest BCUT2D eigenvalue weighted by atomic mass is 14.1. The van der Waals surface area contributed by atoms with Gasteiger partial charge in [-0.2, -0.15) is 0 Å². The summed E-state index contributed by atoms with van der Waals surface area (Å²) in [6.45, 7) is 10.1. The highest BCUT2D eigenvalue weighted by Gasteiger charge is 2.02. The van der Waals surface area contributed by atoms with Crippen LogP contribution >= 0.6 is 0 Å². The summed E-state index contributed by atoms with van der Waals surface area (Å²) in [5.74, 6) is 0. The summed E-state index contributed by atoms with van der Waals surface area (Å²) >= 11 is 0. The predicted octanol–water partition coefficient (Wildman–Crippen LogP) is 4.45. The standard InChI is InChI=1S/C15H18/c1-5-8-14(9-6-2)15-11-7-10-12(3)13(15)4/h5-11H,1H2,2-4H3/b9-6-,14-8+. The minimum Gasteiger partial charge on any atom is -0.0990 e. The largest absolute Gasteiger partial charge is 0.0990 e. The monoisotopic (exact) mass is 198 g/mol. The van der Waals surface area contributed by atoms with Crippen LogP contribution in [0.5, 0.6) is 0 Å². The Bertz CT molecular complexity index is 406. The second-order valence-electron chi connectivity index (χ2n) is 3.61. The lowest BCUT2D eigenvalue weighted by molar-refractivity contribution is 1.32. The first-order valence-corrected chi connectivity index (χ1v) is 5.22. The second kappa shape index (κ2) is 5.35. The first-order chi connectivity index (χ1) is 7.20. The Balaban J connectivity index is 3.29. The molecule has 0 fully saturated rings. The predicted molar refractivity (Wildman–Crippen MR) is 68.9 cm³/mol. The molecule has 0 aromatic heterocycles. The first kappa shape index (κ1) is 11.5. The fraction of sp³-hybridized carbons (Fsp3) is 0.200. The zero-order valence-electron chi connectivity index (χ0n) is 9.75. The zero-order chi connectivity index (χ0) is 11.3. The molecule has 1 rings (SSSR count). The van der Waals surface area contributed by atoms with E-state index in [2.05, 4.69) is 50.8 Å². The van der Waals surface area contributed by atoms with Gasteiger partial charge < -0.3 is 0 Å². The van der Waals surface area contributed by atoms with Crippen LogP contribution in [-0.4, -0.2) is 0 Å². The zero-order valence-corrected chi connectivity index (χ0v) is 9.75. The van der Waals surface area contributed by atoms with Crippen LogP contribution in [0.4, 0.5) is 0 Å². The smallest absolute Gasteiger partial charge is 0.0152 e. The summed E-state index contributed by atoms with van der Waals surface area (Å²) in [4.78, 5) is 0. The van der Waals surface area contributed by atoms with E-state index >= 15 is 0 Å². The van der Waals surface area contributed by atoms with Gasteiger partial charge in [0.05, 0.1) is 0 Å². The van der Waals surface area contributed by atoms with Crippen molar-refractivity contribution in [3.8, 4) is 0 Å². The van der Waals surface area contributed by atoms with Crippen LogP contribution in [0.15, 0.2) is 49.1 Å². The van der Waals surface area contributed by atoms with Gasteiger partial charge in [-0.25, -0.2) is 0 Å². The average Bonchev–Trinajstić information content (AvgIpc) is 2.22. The molecule has 0 radical (unpaired) electrons. The number of hydrogen-bond acceptors (Lipinski definition) is 0. The van der Waals surface area contributed by atoms with Crippen LogP contribution in [0.1, 0.15) is 23.6 Å². The lowest BCUT2D eigenvalue weighted by atomic mass is 9.96. The third-order valence-electron chi connectivity index (χ3n) is 2.56. The summed E-state index contributed by atoms with van der Waals surface area (Å²) in [6.07, 6.45) is 8.04. The fourth-order valence-electron chi connectivity index (χ4n) is 1.61. The van der Waals surface area contributed by atoms with Crippen molar-refractivity contribution in [1.29, 1.82) is 0 Å². The Hall–Kier alpha value is -1.56. The van der Waals surface area contributed by atoms with Gasteiger partial charge in [0.2, 0.25) is 0 Å². The van der Waals surface area contributed by atoms with Crippen LogP contribution in [0.25, 0.3) is 5.57 Å². The molecule has 0 saturated heterocycles. The van der Waals surface area contributed by atoms with Gasteiger partial charge in [-0.3, -0.25) is 0 Å². The number of hydrogen-bond donors (Lipinski definition) is 0. The number of aryl methyl sites for hydroxylation is 1. The maximum Gasteiger partial charge on any atom is -0.0152 e. The van der Waals surface area contributed by atoms with Gasteiger partial charge in [0.15, 0.2) is 0 Å². The Kier molecular flexibility index (Phi) is 4.11. The van der Waals surface area contributed by atoms with Gasteiger partial charge >= 0.3 is 0 Å². The molecule has 0 spiro atoms. The third kappa shape index (κ3) is 2.69. The van der Waals surface area contributed by atoms with Gasteiger partial charge in [-0.05, 0) is 43.0 Å². The SMILES string of the molecule is C=C/C=C(\C=C/C)c1cccc(C)c1C. The Labute approximate surface area is 92.6 Å². The molecule has 1 aromatic rings. The van der Waals surface area contributed by atoms with E-state index in [9.17, 15) is 0 Å². The quantitative estimate of drug-likeness (QED) is 0.629. The summed E-state index contributed by atoms with van der Waals surface area (Å²) in [5.41, 5.74) is 5.16. The summed E-state index contributed by atoms with van der Waals surface area (Å²) < 4.78 is 0. The molecular formula is C15H18. The lowest BCUT2D eigenvalue weighted by Gasteiger charge is -2.09. The fourth-order valence-corrected chi connectivity index (χ4v) is 1.61. The molecule has 0 atom stereocenters. The molecule has 0 unspecified atom stereocenters. The van der Waals surface area contributed by atoms with Crippen molar-refractivity contribution in [1.82, 2.24) is 0 Å². The molecule has 0 heterocycles. The number of rotatable bonds is 3. The third-order valence-corrected chi connectivity index (χ3v) is 2.56. The van der Waals surface area contributed by atoms with Crippen LogP contribution in [-0.2, 0) is 0 Å². The topological polar surface area (TPSA) is 0 Å². The minimum absolute atomic E-state index is 1.22. The van der Waals surface area contributed by atoms with E-state index in [1.807, 2.05) is 19.1 Å². The molecule has 0 bridgehead atoms.